The van der Waals surface area contributed by atoms with Crippen LogP contribution in [-0.4, -0.2) is 19.1 Å². The van der Waals surface area contributed by atoms with E-state index in [1.165, 1.54) is 5.56 Å². The summed E-state index contributed by atoms with van der Waals surface area (Å²) in [6.45, 7) is 13.7. The zero-order valence-electron chi connectivity index (χ0n) is 18.7. The summed E-state index contributed by atoms with van der Waals surface area (Å²) in [5, 5.41) is 3.10. The molecule has 2 rings (SSSR count). The number of hydrogen-bond acceptors (Lipinski definition) is 3. The molecular formula is C25H35NO3. The maximum atomic E-state index is 12.4. The second-order valence-electron chi connectivity index (χ2n) is 8.31. The first-order valence-corrected chi connectivity index (χ1v) is 10.5. The van der Waals surface area contributed by atoms with Crippen LogP contribution < -0.4 is 14.8 Å². The number of hydrogen-bond donors (Lipinski definition) is 1. The third kappa shape index (κ3) is 6.81. The molecule has 2 aromatic carbocycles. The number of aryl methyl sites for hydroxylation is 1. The summed E-state index contributed by atoms with van der Waals surface area (Å²) >= 11 is 0. The monoisotopic (exact) mass is 397 g/mol. The third-order valence-electron chi connectivity index (χ3n) is 4.90. The molecule has 0 radical (unpaired) electrons. The highest BCUT2D eigenvalue weighted by Crippen LogP contribution is 2.29. The lowest BCUT2D eigenvalue weighted by Gasteiger charge is -2.20. The van der Waals surface area contributed by atoms with Crippen molar-refractivity contribution in [3.63, 3.8) is 0 Å². The van der Waals surface area contributed by atoms with Gasteiger partial charge in [0.2, 0.25) is 5.91 Å². The molecule has 29 heavy (non-hydrogen) atoms. The fraction of sp³-hybridized carbons (Fsp3) is 0.480. The van der Waals surface area contributed by atoms with Gasteiger partial charge in [-0.1, -0.05) is 51.1 Å². The van der Waals surface area contributed by atoms with Crippen LogP contribution in [0.15, 0.2) is 42.5 Å². The molecule has 0 fully saturated rings. The van der Waals surface area contributed by atoms with Gasteiger partial charge in [-0.2, -0.15) is 0 Å². The van der Waals surface area contributed by atoms with Crippen molar-refractivity contribution in [2.24, 2.45) is 0 Å². The quantitative estimate of drug-likeness (QED) is 0.600. The molecule has 0 aliphatic carbocycles. The largest absolute Gasteiger partial charge is 0.490 e. The van der Waals surface area contributed by atoms with Crippen LogP contribution in [-0.2, 0) is 16.6 Å². The number of carbonyl (C=O) groups excluding carboxylic acids is 1. The summed E-state index contributed by atoms with van der Waals surface area (Å²) in [5.74, 6) is 1.53. The lowest BCUT2D eigenvalue weighted by molar-refractivity contribution is -0.121. The molecule has 0 saturated carbocycles. The van der Waals surface area contributed by atoms with Crippen molar-refractivity contribution in [2.45, 2.75) is 65.8 Å². The summed E-state index contributed by atoms with van der Waals surface area (Å²) in [6, 6.07) is 14.4. The standard InChI is InChI=1S/C25H35NO3/c1-7-28-22-15-9-19(17-23(22)29-8-2)10-16-24(27)26-18(3)20-11-13-21(14-12-20)25(4,5)6/h9,11-15,17-18H,7-8,10,16H2,1-6H3,(H,26,27)/t18-/m1/s1. The minimum atomic E-state index is -0.0177. The summed E-state index contributed by atoms with van der Waals surface area (Å²) in [5.41, 5.74) is 3.60. The maximum absolute atomic E-state index is 12.4. The molecule has 0 unspecified atom stereocenters. The first kappa shape index (κ1) is 22.8. The molecule has 158 valence electrons. The fourth-order valence-electron chi connectivity index (χ4n) is 3.18. The Morgan fingerprint density at radius 1 is 0.966 bits per heavy atom. The summed E-state index contributed by atoms with van der Waals surface area (Å²) in [6.07, 6.45) is 1.10. The zero-order valence-corrected chi connectivity index (χ0v) is 18.7. The molecule has 0 heterocycles. The molecule has 0 aromatic heterocycles. The Balaban J connectivity index is 1.93. The van der Waals surface area contributed by atoms with Gasteiger partial charge in [-0.05, 0) is 61.4 Å². The average molecular weight is 398 g/mol. The van der Waals surface area contributed by atoms with Crippen molar-refractivity contribution >= 4 is 5.91 Å². The van der Waals surface area contributed by atoms with Gasteiger partial charge in [0, 0.05) is 6.42 Å². The van der Waals surface area contributed by atoms with Crippen LogP contribution in [0.3, 0.4) is 0 Å². The number of amides is 1. The number of rotatable bonds is 9. The third-order valence-corrected chi connectivity index (χ3v) is 4.90. The van der Waals surface area contributed by atoms with Crippen molar-refractivity contribution in [3.05, 3.63) is 59.2 Å². The Labute approximate surface area is 175 Å². The van der Waals surface area contributed by atoms with Crippen LogP contribution >= 0.6 is 0 Å². The van der Waals surface area contributed by atoms with E-state index >= 15 is 0 Å². The number of benzene rings is 2. The molecular weight excluding hydrogens is 362 g/mol. The van der Waals surface area contributed by atoms with E-state index in [0.29, 0.717) is 26.1 Å². The van der Waals surface area contributed by atoms with Crippen LogP contribution in [0, 0.1) is 0 Å². The topological polar surface area (TPSA) is 47.6 Å². The van der Waals surface area contributed by atoms with Crippen LogP contribution in [0.5, 0.6) is 11.5 Å². The van der Waals surface area contributed by atoms with Crippen LogP contribution in [0.1, 0.15) is 70.7 Å². The number of nitrogens with one attached hydrogen (secondary N) is 1. The van der Waals surface area contributed by atoms with Gasteiger partial charge in [-0.3, -0.25) is 4.79 Å². The Morgan fingerprint density at radius 2 is 1.59 bits per heavy atom. The molecule has 1 N–H and O–H groups in total. The zero-order chi connectivity index (χ0) is 21.4. The first-order chi connectivity index (χ1) is 13.7. The molecule has 0 saturated heterocycles. The van der Waals surface area contributed by atoms with Crippen molar-refractivity contribution in [3.8, 4) is 11.5 Å². The van der Waals surface area contributed by atoms with Gasteiger partial charge < -0.3 is 14.8 Å². The maximum Gasteiger partial charge on any atom is 0.220 e. The van der Waals surface area contributed by atoms with Gasteiger partial charge >= 0.3 is 0 Å². The minimum Gasteiger partial charge on any atom is -0.490 e. The molecule has 4 nitrogen and oxygen atoms in total. The summed E-state index contributed by atoms with van der Waals surface area (Å²) < 4.78 is 11.3. The predicted molar refractivity (Wildman–Crippen MR) is 119 cm³/mol. The summed E-state index contributed by atoms with van der Waals surface area (Å²) in [7, 11) is 0. The lowest BCUT2D eigenvalue weighted by atomic mass is 9.86. The van der Waals surface area contributed by atoms with Crippen LogP contribution in [0.2, 0.25) is 0 Å². The van der Waals surface area contributed by atoms with Gasteiger partial charge in [0.15, 0.2) is 11.5 Å². The van der Waals surface area contributed by atoms with Crippen molar-refractivity contribution in [1.29, 1.82) is 0 Å². The van der Waals surface area contributed by atoms with Gasteiger partial charge in [-0.15, -0.1) is 0 Å². The molecule has 2 aromatic rings. The van der Waals surface area contributed by atoms with E-state index in [2.05, 4.69) is 50.4 Å². The molecule has 0 spiro atoms. The summed E-state index contributed by atoms with van der Waals surface area (Å²) in [4.78, 5) is 12.4. The second kappa shape index (κ2) is 10.3. The minimum absolute atomic E-state index is 0.0177. The van der Waals surface area contributed by atoms with E-state index in [4.69, 9.17) is 9.47 Å². The molecule has 0 aliphatic rings. The highest BCUT2D eigenvalue weighted by Gasteiger charge is 2.15. The van der Waals surface area contributed by atoms with Crippen molar-refractivity contribution in [1.82, 2.24) is 5.32 Å². The van der Waals surface area contributed by atoms with E-state index in [1.54, 1.807) is 0 Å². The number of ether oxygens (including phenoxy) is 2. The highest BCUT2D eigenvalue weighted by atomic mass is 16.5. The Morgan fingerprint density at radius 3 is 2.17 bits per heavy atom. The van der Waals surface area contributed by atoms with Crippen LogP contribution in [0.25, 0.3) is 0 Å². The number of carbonyl (C=O) groups is 1. The first-order valence-electron chi connectivity index (χ1n) is 10.5. The Bertz CT molecular complexity index is 791. The highest BCUT2D eigenvalue weighted by molar-refractivity contribution is 5.76. The van der Waals surface area contributed by atoms with Gasteiger partial charge in [0.25, 0.3) is 0 Å². The smallest absolute Gasteiger partial charge is 0.220 e. The lowest BCUT2D eigenvalue weighted by Crippen LogP contribution is -2.26. The molecule has 1 atom stereocenters. The predicted octanol–water partition coefficient (Wildman–Crippen LogP) is 5.59. The molecule has 0 bridgehead atoms. The van der Waals surface area contributed by atoms with E-state index in [-0.39, 0.29) is 17.4 Å². The normalized spacial score (nSPS) is 12.3. The fourth-order valence-corrected chi connectivity index (χ4v) is 3.18. The van der Waals surface area contributed by atoms with E-state index < -0.39 is 0 Å². The Kier molecular flexibility index (Phi) is 8.12. The van der Waals surface area contributed by atoms with E-state index in [1.807, 2.05) is 39.0 Å². The molecule has 4 heteroatoms. The van der Waals surface area contributed by atoms with Crippen LogP contribution in [0.4, 0.5) is 0 Å². The van der Waals surface area contributed by atoms with Gasteiger partial charge in [-0.25, -0.2) is 0 Å². The second-order valence-corrected chi connectivity index (χ2v) is 8.31. The van der Waals surface area contributed by atoms with E-state index in [9.17, 15) is 4.79 Å². The van der Waals surface area contributed by atoms with E-state index in [0.717, 1.165) is 22.6 Å². The molecule has 1 amide bonds. The average Bonchev–Trinajstić information content (AvgIpc) is 2.68. The molecule has 0 aliphatic heterocycles. The van der Waals surface area contributed by atoms with Crippen molar-refractivity contribution < 1.29 is 14.3 Å². The van der Waals surface area contributed by atoms with Crippen molar-refractivity contribution in [2.75, 3.05) is 13.2 Å². The Hall–Kier alpha value is -2.49. The van der Waals surface area contributed by atoms with Gasteiger partial charge in [0.1, 0.15) is 0 Å². The SMILES string of the molecule is CCOc1ccc(CCC(=O)N[C@H](C)c2ccc(C(C)(C)C)cc2)cc1OCC. The van der Waals surface area contributed by atoms with Gasteiger partial charge in [0.05, 0.1) is 19.3 Å².